The number of benzene rings is 2. The standard InChI is InChI=1S/C34H37F2N9O5/c1-24(10-15-46)45-33(47)44(23-40-45)27-5-9-32(38-17-27)42-13-11-41(12-14-42)26-3-6-28(7-4-26)48-18-29-19-49-34(50-29,20-43-22-37-21-39-43)30-8-2-25(35)16-31(30)36/h2-9,16-17,21-24,29,46H,10-15,18-20H2,1H3/t24?,29-,34-/m0/s1. The fraction of sp³-hybridized carbons (Fsp3) is 0.382. The molecule has 5 aromatic rings. The molecule has 0 aliphatic carbocycles. The number of hydrogen-bond acceptors (Lipinski definition) is 11. The Kier molecular flexibility index (Phi) is 9.56. The van der Waals surface area contributed by atoms with Crippen LogP contribution in [-0.4, -0.2) is 91.3 Å². The molecule has 2 fully saturated rings. The van der Waals surface area contributed by atoms with Crippen molar-refractivity contribution in [2.45, 2.75) is 37.8 Å². The van der Waals surface area contributed by atoms with Crippen molar-refractivity contribution in [3.63, 3.8) is 0 Å². The molecule has 16 heteroatoms. The van der Waals surface area contributed by atoms with Gasteiger partial charge in [-0.25, -0.2) is 37.5 Å². The smallest absolute Gasteiger partial charge is 0.350 e. The number of nitrogens with zero attached hydrogens (tertiary/aromatic N) is 9. The van der Waals surface area contributed by atoms with Gasteiger partial charge >= 0.3 is 5.69 Å². The third-order valence-corrected chi connectivity index (χ3v) is 8.95. The first-order valence-electron chi connectivity index (χ1n) is 16.4. The summed E-state index contributed by atoms with van der Waals surface area (Å²) in [5.41, 5.74) is 1.49. The Morgan fingerprint density at radius 1 is 1.00 bits per heavy atom. The van der Waals surface area contributed by atoms with Crippen molar-refractivity contribution < 1.29 is 28.1 Å². The largest absolute Gasteiger partial charge is 0.491 e. The lowest BCUT2D eigenvalue weighted by atomic mass is 10.0. The van der Waals surface area contributed by atoms with E-state index >= 15 is 0 Å². The molecule has 5 heterocycles. The Morgan fingerprint density at radius 3 is 2.48 bits per heavy atom. The van der Waals surface area contributed by atoms with Gasteiger partial charge in [-0.3, -0.25) is 0 Å². The summed E-state index contributed by atoms with van der Waals surface area (Å²) in [5.74, 6) is -1.52. The van der Waals surface area contributed by atoms with E-state index in [0.717, 1.165) is 43.8 Å². The summed E-state index contributed by atoms with van der Waals surface area (Å²) in [4.78, 5) is 25.9. The molecule has 2 aromatic carbocycles. The summed E-state index contributed by atoms with van der Waals surface area (Å²) in [5, 5.41) is 17.5. The predicted molar refractivity (Wildman–Crippen MR) is 177 cm³/mol. The number of anilines is 2. The number of halogens is 2. The van der Waals surface area contributed by atoms with Gasteiger partial charge in [0.1, 0.15) is 61.4 Å². The fourth-order valence-electron chi connectivity index (χ4n) is 6.23. The van der Waals surface area contributed by atoms with Crippen molar-refractivity contribution in [2.24, 2.45) is 0 Å². The molecule has 2 saturated heterocycles. The van der Waals surface area contributed by atoms with Crippen LogP contribution in [0.5, 0.6) is 5.75 Å². The number of aromatic nitrogens is 7. The number of aliphatic hydroxyl groups is 1. The number of piperazine rings is 1. The van der Waals surface area contributed by atoms with Crippen LogP contribution in [0.4, 0.5) is 20.3 Å². The van der Waals surface area contributed by atoms with Crippen molar-refractivity contribution in [3.8, 4) is 11.4 Å². The van der Waals surface area contributed by atoms with E-state index in [0.29, 0.717) is 17.9 Å². The van der Waals surface area contributed by atoms with Gasteiger partial charge in [0.05, 0.1) is 24.5 Å². The zero-order chi connectivity index (χ0) is 34.7. The fourth-order valence-corrected chi connectivity index (χ4v) is 6.23. The van der Waals surface area contributed by atoms with Gasteiger partial charge in [-0.15, -0.1) is 0 Å². The van der Waals surface area contributed by atoms with Crippen LogP contribution in [0.1, 0.15) is 24.9 Å². The maximum Gasteiger partial charge on any atom is 0.350 e. The minimum absolute atomic E-state index is 0.0170. The molecular formula is C34H37F2N9O5. The van der Waals surface area contributed by atoms with E-state index in [1.165, 1.54) is 45.0 Å². The molecule has 0 spiro atoms. The lowest BCUT2D eigenvalue weighted by Gasteiger charge is -2.36. The molecular weight excluding hydrogens is 652 g/mol. The first-order chi connectivity index (χ1) is 24.3. The van der Waals surface area contributed by atoms with Crippen molar-refractivity contribution in [1.29, 1.82) is 0 Å². The highest BCUT2D eigenvalue weighted by Crippen LogP contribution is 2.38. The van der Waals surface area contributed by atoms with E-state index < -0.39 is 23.5 Å². The molecule has 0 radical (unpaired) electrons. The average molecular weight is 690 g/mol. The summed E-state index contributed by atoms with van der Waals surface area (Å²) in [7, 11) is 0. The van der Waals surface area contributed by atoms with Crippen LogP contribution in [-0.2, 0) is 21.8 Å². The second-order valence-corrected chi connectivity index (χ2v) is 12.3. The lowest BCUT2D eigenvalue weighted by Crippen LogP contribution is -2.46. The van der Waals surface area contributed by atoms with Crippen LogP contribution in [0.2, 0.25) is 0 Å². The zero-order valence-electron chi connectivity index (χ0n) is 27.4. The monoisotopic (exact) mass is 689 g/mol. The maximum absolute atomic E-state index is 14.9. The summed E-state index contributed by atoms with van der Waals surface area (Å²) in [6, 6.07) is 14.7. The van der Waals surface area contributed by atoms with Crippen LogP contribution in [0.15, 0.2) is 84.6 Å². The number of ether oxygens (including phenoxy) is 3. The Morgan fingerprint density at radius 2 is 1.78 bits per heavy atom. The molecule has 0 amide bonds. The highest BCUT2D eigenvalue weighted by Gasteiger charge is 2.46. The number of pyridine rings is 1. The maximum atomic E-state index is 14.9. The molecule has 0 bridgehead atoms. The Bertz CT molecular complexity index is 1930. The van der Waals surface area contributed by atoms with Gasteiger partial charge in [0, 0.05) is 50.1 Å². The van der Waals surface area contributed by atoms with Gasteiger partial charge in [0.25, 0.3) is 0 Å². The second kappa shape index (κ2) is 14.3. The highest BCUT2D eigenvalue weighted by molar-refractivity contribution is 5.52. The predicted octanol–water partition coefficient (Wildman–Crippen LogP) is 2.92. The molecule has 1 unspecified atom stereocenters. The quantitative estimate of drug-likeness (QED) is 0.207. The Hall–Kier alpha value is -5.19. The zero-order valence-corrected chi connectivity index (χ0v) is 27.4. The van der Waals surface area contributed by atoms with E-state index in [-0.39, 0.29) is 43.7 Å². The van der Waals surface area contributed by atoms with E-state index in [2.05, 4.69) is 30.0 Å². The van der Waals surface area contributed by atoms with Crippen molar-refractivity contribution >= 4 is 11.5 Å². The minimum Gasteiger partial charge on any atom is -0.491 e. The van der Waals surface area contributed by atoms with Crippen molar-refractivity contribution in [2.75, 3.05) is 55.8 Å². The molecule has 0 saturated carbocycles. The molecule has 262 valence electrons. The third-order valence-electron chi connectivity index (χ3n) is 8.95. The van der Waals surface area contributed by atoms with Gasteiger partial charge in [0.2, 0.25) is 5.79 Å². The van der Waals surface area contributed by atoms with Gasteiger partial charge in [-0.05, 0) is 61.9 Å². The van der Waals surface area contributed by atoms with E-state index in [4.69, 9.17) is 14.2 Å². The van der Waals surface area contributed by atoms with E-state index in [1.54, 1.807) is 6.20 Å². The van der Waals surface area contributed by atoms with Crippen molar-refractivity contribution in [1.82, 2.24) is 34.1 Å². The number of hydrogen-bond donors (Lipinski definition) is 1. The first kappa shape index (κ1) is 33.3. The molecule has 14 nitrogen and oxygen atoms in total. The van der Waals surface area contributed by atoms with Gasteiger partial charge in [-0.1, -0.05) is 0 Å². The summed E-state index contributed by atoms with van der Waals surface area (Å²) in [6.07, 6.45) is 5.91. The van der Waals surface area contributed by atoms with Gasteiger partial charge < -0.3 is 29.1 Å². The van der Waals surface area contributed by atoms with E-state index in [1.807, 2.05) is 43.3 Å². The molecule has 2 aliphatic heterocycles. The minimum atomic E-state index is -1.52. The average Bonchev–Trinajstić information content (AvgIpc) is 3.89. The molecule has 2 aliphatic rings. The normalized spacial score (nSPS) is 20.0. The topological polar surface area (TPSA) is 138 Å². The first-order valence-corrected chi connectivity index (χ1v) is 16.4. The van der Waals surface area contributed by atoms with E-state index in [9.17, 15) is 18.7 Å². The number of aliphatic hydroxyl groups excluding tert-OH is 1. The third kappa shape index (κ3) is 6.94. The SMILES string of the molecule is CC(CCO)n1ncn(-c2ccc(N3CCN(c4ccc(OC[C@H]5CO[C@](Cn6cncn6)(c6ccc(F)cc6F)O5)cc4)CC3)nc2)c1=O. The molecule has 50 heavy (non-hydrogen) atoms. The highest BCUT2D eigenvalue weighted by atomic mass is 19.1. The molecule has 7 rings (SSSR count). The summed E-state index contributed by atoms with van der Waals surface area (Å²) < 4.78 is 51.1. The molecule has 1 N–H and O–H groups in total. The van der Waals surface area contributed by atoms with Gasteiger partial charge in [0.15, 0.2) is 0 Å². The van der Waals surface area contributed by atoms with Crippen LogP contribution >= 0.6 is 0 Å². The van der Waals surface area contributed by atoms with Crippen LogP contribution in [0.3, 0.4) is 0 Å². The Balaban J connectivity index is 0.921. The summed E-state index contributed by atoms with van der Waals surface area (Å²) in [6.45, 7) is 5.27. The second-order valence-electron chi connectivity index (χ2n) is 12.3. The molecule has 3 atom stereocenters. The number of rotatable bonds is 12. The van der Waals surface area contributed by atoms with Gasteiger partial charge in [-0.2, -0.15) is 10.2 Å². The lowest BCUT2D eigenvalue weighted by molar-refractivity contribution is -0.192. The Labute approximate surface area is 286 Å². The summed E-state index contributed by atoms with van der Waals surface area (Å²) >= 11 is 0. The van der Waals surface area contributed by atoms with Crippen LogP contribution in [0.25, 0.3) is 5.69 Å². The van der Waals surface area contributed by atoms with Crippen LogP contribution in [0, 0.1) is 11.6 Å². The molecule has 3 aromatic heterocycles. The van der Waals surface area contributed by atoms with Crippen molar-refractivity contribution in [3.05, 3.63) is 107 Å². The van der Waals surface area contributed by atoms with Crippen LogP contribution < -0.4 is 20.2 Å².